The van der Waals surface area contributed by atoms with E-state index < -0.39 is 22.0 Å². The van der Waals surface area contributed by atoms with Crippen LogP contribution in [0.1, 0.15) is 71.5 Å². The Hall–Kier alpha value is -3.57. The molecule has 3 aromatic carbocycles. The van der Waals surface area contributed by atoms with Crippen LogP contribution in [-0.4, -0.2) is 64.4 Å². The van der Waals surface area contributed by atoms with Crippen molar-refractivity contribution >= 4 is 21.6 Å². The van der Waals surface area contributed by atoms with E-state index in [1.165, 1.54) is 41.7 Å². The summed E-state index contributed by atoms with van der Waals surface area (Å²) in [6.45, 7) is 3.75. The molecule has 0 radical (unpaired) electrons. The van der Waals surface area contributed by atoms with Crippen LogP contribution < -0.4 is 14.8 Å². The van der Waals surface area contributed by atoms with Crippen molar-refractivity contribution in [3.05, 3.63) is 82.9 Å². The van der Waals surface area contributed by atoms with Crippen molar-refractivity contribution < 1.29 is 31.1 Å². The van der Waals surface area contributed by atoms with Crippen LogP contribution in [-0.2, 0) is 22.9 Å². The number of fused-ring (bicyclic) bond motifs is 1. The van der Waals surface area contributed by atoms with Crippen LogP contribution >= 0.6 is 0 Å². The van der Waals surface area contributed by atoms with Crippen molar-refractivity contribution in [3.63, 3.8) is 0 Å². The standard InChI is InChI=1S/C35H42F3N3O4S/c1-45-33-31-7-3-2-6-27(31)14-17-32(33)28-18-22-41(23-19-28)21-5-4-20-39-34(42)29-10-8-25(9-11-29)26-12-15-30(16-13-26)40-46(43,44)24-35(36,37)38/h8-17,28,40H,2-7,18-24H2,1H3,(H,39,42). The Labute approximate surface area is 269 Å². The molecule has 2 aliphatic rings. The fourth-order valence-electron chi connectivity index (χ4n) is 6.58. The number of unbranched alkanes of at least 4 members (excludes halogenated alkanes) is 1. The number of carbonyl (C=O) groups is 1. The van der Waals surface area contributed by atoms with E-state index in [0.29, 0.717) is 18.0 Å². The summed E-state index contributed by atoms with van der Waals surface area (Å²) in [4.78, 5) is 15.2. The van der Waals surface area contributed by atoms with E-state index in [-0.39, 0.29) is 11.6 Å². The molecule has 46 heavy (non-hydrogen) atoms. The van der Waals surface area contributed by atoms with E-state index >= 15 is 0 Å². The molecule has 248 valence electrons. The van der Waals surface area contributed by atoms with Crippen LogP contribution in [0.5, 0.6) is 5.75 Å². The second kappa shape index (κ2) is 14.9. The summed E-state index contributed by atoms with van der Waals surface area (Å²) in [6, 6.07) is 17.6. The van der Waals surface area contributed by atoms with E-state index in [0.717, 1.165) is 75.0 Å². The molecule has 0 atom stereocenters. The Kier molecular flexibility index (Phi) is 10.9. The first-order valence-corrected chi connectivity index (χ1v) is 17.6. The zero-order valence-corrected chi connectivity index (χ0v) is 27.0. The van der Waals surface area contributed by atoms with Gasteiger partial charge < -0.3 is 15.0 Å². The van der Waals surface area contributed by atoms with Crippen LogP contribution in [0.4, 0.5) is 18.9 Å². The molecule has 7 nitrogen and oxygen atoms in total. The molecule has 3 aromatic rings. The fraction of sp³-hybridized carbons (Fsp3) is 0.457. The molecule has 2 N–H and O–H groups in total. The number of halogens is 3. The zero-order valence-electron chi connectivity index (χ0n) is 26.2. The van der Waals surface area contributed by atoms with Crippen LogP contribution in [0.15, 0.2) is 60.7 Å². The average Bonchev–Trinajstić information content (AvgIpc) is 3.03. The minimum Gasteiger partial charge on any atom is -0.496 e. The molecule has 0 saturated carbocycles. The van der Waals surface area contributed by atoms with Gasteiger partial charge in [-0.25, -0.2) is 8.42 Å². The molecule has 0 unspecified atom stereocenters. The molecular formula is C35H42F3N3O4S. The number of ether oxygens (including phenoxy) is 1. The lowest BCUT2D eigenvalue weighted by Gasteiger charge is -2.33. The van der Waals surface area contributed by atoms with Crippen LogP contribution in [0.3, 0.4) is 0 Å². The van der Waals surface area contributed by atoms with Crippen molar-refractivity contribution in [3.8, 4) is 16.9 Å². The lowest BCUT2D eigenvalue weighted by atomic mass is 9.83. The summed E-state index contributed by atoms with van der Waals surface area (Å²) in [5, 5.41) is 2.99. The molecule has 11 heteroatoms. The first-order valence-electron chi connectivity index (χ1n) is 16.0. The summed E-state index contributed by atoms with van der Waals surface area (Å²) in [5.74, 6) is -0.429. The number of sulfonamides is 1. The highest BCUT2D eigenvalue weighted by atomic mass is 32.2. The second-order valence-corrected chi connectivity index (χ2v) is 14.0. The predicted molar refractivity (Wildman–Crippen MR) is 175 cm³/mol. The molecule has 0 aromatic heterocycles. The highest BCUT2D eigenvalue weighted by Gasteiger charge is 2.35. The predicted octanol–water partition coefficient (Wildman–Crippen LogP) is 6.93. The Bertz CT molecular complexity index is 1580. The maximum absolute atomic E-state index is 12.7. The Morgan fingerprint density at radius 2 is 1.57 bits per heavy atom. The number of piperidine rings is 1. The number of likely N-dealkylation sites (tertiary alicyclic amines) is 1. The molecule has 1 aliphatic heterocycles. The molecule has 1 amide bonds. The van der Waals surface area contributed by atoms with E-state index in [2.05, 4.69) is 22.3 Å². The quantitative estimate of drug-likeness (QED) is 0.206. The van der Waals surface area contributed by atoms with Crippen LogP contribution in [0.25, 0.3) is 11.1 Å². The summed E-state index contributed by atoms with van der Waals surface area (Å²) in [7, 11) is -2.73. The number of hydrogen-bond acceptors (Lipinski definition) is 5. The minimum absolute atomic E-state index is 0.0410. The fourth-order valence-corrected chi connectivity index (χ4v) is 7.58. The third kappa shape index (κ3) is 9.03. The monoisotopic (exact) mass is 657 g/mol. The van der Waals surface area contributed by atoms with Gasteiger partial charge in [0.25, 0.3) is 5.91 Å². The van der Waals surface area contributed by atoms with E-state index in [4.69, 9.17) is 4.74 Å². The van der Waals surface area contributed by atoms with Gasteiger partial charge in [0.15, 0.2) is 5.75 Å². The molecule has 1 heterocycles. The summed E-state index contributed by atoms with van der Waals surface area (Å²) >= 11 is 0. The number of aryl methyl sites for hydroxylation is 1. The first-order chi connectivity index (χ1) is 22.0. The molecule has 0 spiro atoms. The van der Waals surface area contributed by atoms with Gasteiger partial charge >= 0.3 is 6.18 Å². The van der Waals surface area contributed by atoms with Gasteiger partial charge in [-0.3, -0.25) is 9.52 Å². The average molecular weight is 658 g/mol. The van der Waals surface area contributed by atoms with Crippen molar-refractivity contribution in [2.45, 2.75) is 63.5 Å². The minimum atomic E-state index is -4.82. The molecule has 5 rings (SSSR count). The van der Waals surface area contributed by atoms with E-state index in [9.17, 15) is 26.4 Å². The smallest absolute Gasteiger partial charge is 0.404 e. The third-order valence-corrected chi connectivity index (χ3v) is 10.2. The number of benzene rings is 3. The first kappa shape index (κ1) is 33.8. The topological polar surface area (TPSA) is 87.7 Å². The van der Waals surface area contributed by atoms with Crippen LogP contribution in [0.2, 0.25) is 0 Å². The SMILES string of the molecule is COc1c(C2CCN(CCCCNC(=O)c3ccc(-c4ccc(NS(=O)(=O)CC(F)(F)F)cc4)cc3)CC2)ccc2c1CCCC2. The number of hydrogen-bond donors (Lipinski definition) is 2. The van der Waals surface area contributed by atoms with Crippen molar-refractivity contribution in [1.82, 2.24) is 10.2 Å². The third-order valence-electron chi connectivity index (χ3n) is 8.92. The van der Waals surface area contributed by atoms with Gasteiger partial charge in [-0.15, -0.1) is 0 Å². The number of anilines is 1. The number of amides is 1. The van der Waals surface area contributed by atoms with Gasteiger partial charge in [0.2, 0.25) is 10.0 Å². The van der Waals surface area contributed by atoms with Gasteiger partial charge in [0, 0.05) is 17.8 Å². The largest absolute Gasteiger partial charge is 0.496 e. The normalized spacial score (nSPS) is 16.1. The van der Waals surface area contributed by atoms with Crippen molar-refractivity contribution in [1.29, 1.82) is 0 Å². The summed E-state index contributed by atoms with van der Waals surface area (Å²) in [6.07, 6.45) is 4.13. The number of methoxy groups -OCH3 is 1. The number of carbonyl (C=O) groups excluding carboxylic acids is 1. The molecule has 1 fully saturated rings. The molecule has 0 bridgehead atoms. The summed E-state index contributed by atoms with van der Waals surface area (Å²) in [5.41, 5.74) is 6.36. The Morgan fingerprint density at radius 1 is 0.913 bits per heavy atom. The number of nitrogens with zero attached hydrogens (tertiary/aromatic N) is 1. The molecule has 1 saturated heterocycles. The maximum Gasteiger partial charge on any atom is 0.404 e. The number of rotatable bonds is 12. The van der Waals surface area contributed by atoms with Gasteiger partial charge in [0.1, 0.15) is 5.75 Å². The highest BCUT2D eigenvalue weighted by Crippen LogP contribution is 2.40. The van der Waals surface area contributed by atoms with E-state index in [1.807, 2.05) is 11.8 Å². The second-order valence-electron chi connectivity index (χ2n) is 12.2. The molecule has 1 aliphatic carbocycles. The summed E-state index contributed by atoms with van der Waals surface area (Å²) < 4.78 is 68.6. The van der Waals surface area contributed by atoms with E-state index in [1.54, 1.807) is 36.4 Å². The number of alkyl halides is 3. The van der Waals surface area contributed by atoms with Crippen molar-refractivity contribution in [2.75, 3.05) is 43.8 Å². The van der Waals surface area contributed by atoms with Gasteiger partial charge in [0.05, 0.1) is 7.11 Å². The van der Waals surface area contributed by atoms with Gasteiger partial charge in [-0.1, -0.05) is 36.4 Å². The lowest BCUT2D eigenvalue weighted by Crippen LogP contribution is -2.34. The van der Waals surface area contributed by atoms with Crippen molar-refractivity contribution in [2.24, 2.45) is 0 Å². The highest BCUT2D eigenvalue weighted by molar-refractivity contribution is 7.92. The maximum atomic E-state index is 12.7. The number of nitrogens with one attached hydrogen (secondary N) is 2. The molecular weight excluding hydrogens is 615 g/mol. The Morgan fingerprint density at radius 3 is 2.22 bits per heavy atom. The van der Waals surface area contributed by atoms with Gasteiger partial charge in [-0.05, 0) is 129 Å². The van der Waals surface area contributed by atoms with Crippen LogP contribution in [0, 0.1) is 0 Å². The lowest BCUT2D eigenvalue weighted by molar-refractivity contribution is -0.106. The Balaban J connectivity index is 1.02. The zero-order chi connectivity index (χ0) is 32.7. The van der Waals surface area contributed by atoms with Gasteiger partial charge in [-0.2, -0.15) is 13.2 Å².